The fourth-order valence-electron chi connectivity index (χ4n) is 1.42. The van der Waals surface area contributed by atoms with Crippen LogP contribution in [0, 0.1) is 29.1 Å². The Morgan fingerprint density at radius 3 is 1.76 bits per heavy atom. The van der Waals surface area contributed by atoms with Crippen LogP contribution >= 0.6 is 0 Å². The van der Waals surface area contributed by atoms with Crippen LogP contribution in [0.15, 0.2) is 0 Å². The van der Waals surface area contributed by atoms with Crippen molar-refractivity contribution >= 4 is 11.9 Å². The lowest BCUT2D eigenvalue weighted by atomic mass is 10.1. The van der Waals surface area contributed by atoms with Gasteiger partial charge in [0.2, 0.25) is 5.82 Å². The van der Waals surface area contributed by atoms with Gasteiger partial charge in [0, 0.05) is 13.0 Å². The summed E-state index contributed by atoms with van der Waals surface area (Å²) in [7, 11) is 0. The fraction of sp³-hybridized carbons (Fsp3) is 0.273. The molecular weight excluding hydrogens is 305 g/mol. The smallest absolute Gasteiger partial charge is 0.326 e. The molecule has 0 radical (unpaired) electrons. The van der Waals surface area contributed by atoms with Crippen LogP contribution in [0.5, 0.6) is 0 Å². The van der Waals surface area contributed by atoms with Crippen LogP contribution in [-0.4, -0.2) is 34.7 Å². The molecule has 116 valence electrons. The van der Waals surface area contributed by atoms with Gasteiger partial charge in [-0.2, -0.15) is 0 Å². The molecule has 0 aliphatic rings. The number of aliphatic hydroxyl groups is 1. The molecule has 1 rings (SSSR count). The molecular formula is C11H8F5NO4. The molecule has 0 saturated carbocycles. The Balaban J connectivity index is 3.22. The molecule has 1 aromatic carbocycles. The second-order valence-corrected chi connectivity index (χ2v) is 3.82. The van der Waals surface area contributed by atoms with Gasteiger partial charge in [0.15, 0.2) is 23.3 Å². The first-order chi connectivity index (χ1) is 9.72. The number of benzene rings is 1. The molecule has 0 fully saturated rings. The van der Waals surface area contributed by atoms with Crippen molar-refractivity contribution in [3.05, 3.63) is 34.6 Å². The highest BCUT2D eigenvalue weighted by molar-refractivity contribution is 5.97. The van der Waals surface area contributed by atoms with Crippen LogP contribution in [0.3, 0.4) is 0 Å². The van der Waals surface area contributed by atoms with Crippen molar-refractivity contribution in [2.24, 2.45) is 0 Å². The van der Waals surface area contributed by atoms with E-state index in [9.17, 15) is 31.5 Å². The monoisotopic (exact) mass is 313 g/mol. The molecule has 0 aliphatic carbocycles. The van der Waals surface area contributed by atoms with Crippen molar-refractivity contribution in [2.75, 3.05) is 6.61 Å². The number of aliphatic carboxylic acids is 1. The lowest BCUT2D eigenvalue weighted by molar-refractivity contribution is -0.139. The van der Waals surface area contributed by atoms with E-state index in [0.717, 1.165) is 0 Å². The molecule has 1 amide bonds. The number of halogens is 5. The van der Waals surface area contributed by atoms with Gasteiger partial charge in [-0.05, 0) is 0 Å². The average molecular weight is 313 g/mol. The number of hydrogen-bond donors (Lipinski definition) is 3. The lowest BCUT2D eigenvalue weighted by Crippen LogP contribution is -2.42. The topological polar surface area (TPSA) is 86.6 Å². The van der Waals surface area contributed by atoms with Crippen LogP contribution in [0.1, 0.15) is 16.8 Å². The van der Waals surface area contributed by atoms with E-state index in [-0.39, 0.29) is 0 Å². The highest BCUT2D eigenvalue weighted by Crippen LogP contribution is 2.23. The van der Waals surface area contributed by atoms with Gasteiger partial charge in [-0.25, -0.2) is 26.7 Å². The number of hydrogen-bond acceptors (Lipinski definition) is 3. The van der Waals surface area contributed by atoms with E-state index in [2.05, 4.69) is 0 Å². The minimum atomic E-state index is -2.44. The average Bonchev–Trinajstić information content (AvgIpc) is 2.42. The number of carbonyl (C=O) groups is 2. The van der Waals surface area contributed by atoms with Crippen LogP contribution in [0.2, 0.25) is 0 Å². The predicted octanol–water partition coefficient (Wildman–Crippen LogP) is 0.948. The van der Waals surface area contributed by atoms with E-state index in [1.807, 2.05) is 0 Å². The van der Waals surface area contributed by atoms with Crippen molar-refractivity contribution < 1.29 is 41.8 Å². The first kappa shape index (κ1) is 16.8. The number of carboxylic acid groups (broad SMARTS) is 1. The maximum Gasteiger partial charge on any atom is 0.326 e. The predicted molar refractivity (Wildman–Crippen MR) is 56.8 cm³/mol. The van der Waals surface area contributed by atoms with Crippen molar-refractivity contribution in [1.29, 1.82) is 0 Å². The van der Waals surface area contributed by atoms with Crippen LogP contribution in [0.25, 0.3) is 0 Å². The third-order valence-electron chi connectivity index (χ3n) is 2.46. The lowest BCUT2D eigenvalue weighted by Gasteiger charge is -2.14. The molecule has 0 heterocycles. The van der Waals surface area contributed by atoms with Gasteiger partial charge in [-0.3, -0.25) is 4.79 Å². The molecule has 1 aromatic rings. The van der Waals surface area contributed by atoms with E-state index in [1.54, 1.807) is 5.32 Å². The van der Waals surface area contributed by atoms with Gasteiger partial charge in [-0.15, -0.1) is 0 Å². The first-order valence-corrected chi connectivity index (χ1v) is 5.38. The van der Waals surface area contributed by atoms with Gasteiger partial charge in [-0.1, -0.05) is 0 Å². The first-order valence-electron chi connectivity index (χ1n) is 5.38. The summed E-state index contributed by atoms with van der Waals surface area (Å²) in [6.45, 7) is -0.686. The highest BCUT2D eigenvalue weighted by atomic mass is 19.2. The Hall–Kier alpha value is -2.23. The summed E-state index contributed by atoms with van der Waals surface area (Å²) in [6.07, 6.45) is -0.517. The molecule has 0 aliphatic heterocycles. The standard InChI is InChI=1S/C11H8F5NO4/c12-5-4(6(13)8(15)9(16)7(5)14)10(19)17-3(1-2-18)11(20)21/h3,18H,1-2H2,(H,17,19)(H,20,21). The molecule has 21 heavy (non-hydrogen) atoms. The van der Waals surface area contributed by atoms with Gasteiger partial charge in [0.25, 0.3) is 5.91 Å². The van der Waals surface area contributed by atoms with Crippen LogP contribution in [-0.2, 0) is 4.79 Å². The Morgan fingerprint density at radius 2 is 1.38 bits per heavy atom. The molecule has 0 spiro atoms. The van der Waals surface area contributed by atoms with Gasteiger partial charge >= 0.3 is 5.97 Å². The largest absolute Gasteiger partial charge is 0.480 e. The van der Waals surface area contributed by atoms with Crippen molar-refractivity contribution in [3.8, 4) is 0 Å². The minimum Gasteiger partial charge on any atom is -0.480 e. The molecule has 0 saturated heterocycles. The van der Waals surface area contributed by atoms with E-state index in [4.69, 9.17) is 10.2 Å². The van der Waals surface area contributed by atoms with Gasteiger partial charge < -0.3 is 15.5 Å². The molecule has 5 nitrogen and oxygen atoms in total. The zero-order chi connectivity index (χ0) is 16.3. The minimum absolute atomic E-state index is 0.517. The summed E-state index contributed by atoms with van der Waals surface area (Å²) < 4.78 is 65.2. The maximum atomic E-state index is 13.3. The van der Waals surface area contributed by atoms with E-state index in [1.165, 1.54) is 0 Å². The Morgan fingerprint density at radius 1 is 0.952 bits per heavy atom. The normalized spacial score (nSPS) is 12.1. The zero-order valence-corrected chi connectivity index (χ0v) is 10.1. The van der Waals surface area contributed by atoms with Crippen molar-refractivity contribution in [3.63, 3.8) is 0 Å². The summed E-state index contributed by atoms with van der Waals surface area (Å²) >= 11 is 0. The Kier molecular flexibility index (Phi) is 5.19. The van der Waals surface area contributed by atoms with Crippen molar-refractivity contribution in [2.45, 2.75) is 12.5 Å². The highest BCUT2D eigenvalue weighted by Gasteiger charge is 2.31. The number of nitrogens with one attached hydrogen (secondary N) is 1. The van der Waals surface area contributed by atoms with Crippen LogP contribution in [0.4, 0.5) is 22.0 Å². The van der Waals surface area contributed by atoms with Gasteiger partial charge in [0.1, 0.15) is 11.6 Å². The summed E-state index contributed by atoms with van der Waals surface area (Å²) in [5.74, 6) is -15.3. The maximum absolute atomic E-state index is 13.3. The number of amides is 1. The third-order valence-corrected chi connectivity index (χ3v) is 2.46. The van der Waals surface area contributed by atoms with Gasteiger partial charge in [0.05, 0.1) is 0 Å². The Bertz CT molecular complexity index is 563. The molecule has 0 bridgehead atoms. The second-order valence-electron chi connectivity index (χ2n) is 3.82. The molecule has 0 aromatic heterocycles. The summed E-state index contributed by atoms with van der Waals surface area (Å²) in [5, 5.41) is 18.8. The summed E-state index contributed by atoms with van der Waals surface area (Å²) in [4.78, 5) is 22.2. The summed E-state index contributed by atoms with van der Waals surface area (Å²) in [5.41, 5.74) is -1.80. The molecule has 1 unspecified atom stereocenters. The second kappa shape index (κ2) is 6.48. The van der Waals surface area contributed by atoms with E-state index in [0.29, 0.717) is 0 Å². The Labute approximate surface area is 114 Å². The number of carboxylic acids is 1. The van der Waals surface area contributed by atoms with Crippen LogP contribution < -0.4 is 5.32 Å². The molecule has 3 N–H and O–H groups in total. The fourth-order valence-corrected chi connectivity index (χ4v) is 1.42. The van der Waals surface area contributed by atoms with Crippen molar-refractivity contribution in [1.82, 2.24) is 5.32 Å². The number of aliphatic hydroxyl groups excluding tert-OH is 1. The van der Waals surface area contributed by atoms with E-state index < -0.39 is 65.6 Å². The quantitative estimate of drug-likeness (QED) is 0.429. The third kappa shape index (κ3) is 3.27. The van der Waals surface area contributed by atoms with E-state index >= 15 is 0 Å². The molecule has 10 heteroatoms. The summed E-state index contributed by atoms with van der Waals surface area (Å²) in [6, 6.07) is -1.75. The number of carbonyl (C=O) groups excluding carboxylic acids is 1. The zero-order valence-electron chi connectivity index (χ0n) is 10.1. The molecule has 1 atom stereocenters. The number of rotatable bonds is 5. The SMILES string of the molecule is O=C(NC(CCO)C(=O)O)c1c(F)c(F)c(F)c(F)c1F.